The van der Waals surface area contributed by atoms with Crippen molar-refractivity contribution in [3.05, 3.63) is 46.0 Å². The molecule has 3 heterocycles. The Balaban J connectivity index is 1.72. The van der Waals surface area contributed by atoms with Crippen molar-refractivity contribution in [2.24, 2.45) is 0 Å². The van der Waals surface area contributed by atoms with Gasteiger partial charge in [-0.05, 0) is 12.8 Å². The summed E-state index contributed by atoms with van der Waals surface area (Å²) in [6.07, 6.45) is 4.50. The average Bonchev–Trinajstić information content (AvgIpc) is 2.94. The Morgan fingerprint density at radius 3 is 3.18 bits per heavy atom. The Labute approximate surface area is 126 Å². The number of aromatic nitrogens is 2. The fourth-order valence-electron chi connectivity index (χ4n) is 2.60. The van der Waals surface area contributed by atoms with Crippen molar-refractivity contribution in [2.45, 2.75) is 38.8 Å². The second-order valence-electron chi connectivity index (χ2n) is 5.37. The lowest BCUT2D eigenvalue weighted by atomic mass is 10.0. The van der Waals surface area contributed by atoms with Gasteiger partial charge in [-0.3, -0.25) is 4.79 Å². The van der Waals surface area contributed by atoms with Gasteiger partial charge in [0.1, 0.15) is 30.1 Å². The number of carbonyl (C=O) groups excluding carboxylic acids is 1. The Morgan fingerprint density at radius 1 is 1.59 bits per heavy atom. The summed E-state index contributed by atoms with van der Waals surface area (Å²) >= 11 is 0. The molecule has 2 aromatic heterocycles. The minimum absolute atomic E-state index is 0.169. The third-order valence-corrected chi connectivity index (χ3v) is 3.77. The molecule has 1 unspecified atom stereocenters. The van der Waals surface area contributed by atoms with Gasteiger partial charge in [0.25, 0.3) is 0 Å². The van der Waals surface area contributed by atoms with Gasteiger partial charge in [0.2, 0.25) is 5.43 Å². The number of hydrogen-bond acceptors (Lipinski definition) is 6. The van der Waals surface area contributed by atoms with Gasteiger partial charge in [-0.2, -0.15) is 0 Å². The van der Waals surface area contributed by atoms with Gasteiger partial charge in [-0.1, -0.05) is 6.92 Å². The molecule has 0 radical (unpaired) electrons. The average molecular weight is 304 g/mol. The zero-order valence-electron chi connectivity index (χ0n) is 12.1. The number of esters is 1. The molecule has 7 heteroatoms. The molecule has 2 aromatic rings. The van der Waals surface area contributed by atoms with Crippen LogP contribution in [-0.2, 0) is 17.9 Å². The molecule has 1 N–H and O–H groups in total. The summed E-state index contributed by atoms with van der Waals surface area (Å²) in [6, 6.07) is 1.09. The van der Waals surface area contributed by atoms with Crippen molar-refractivity contribution in [2.75, 3.05) is 0 Å². The predicted molar refractivity (Wildman–Crippen MR) is 75.6 cm³/mol. The van der Waals surface area contributed by atoms with Gasteiger partial charge >= 0.3 is 5.97 Å². The summed E-state index contributed by atoms with van der Waals surface area (Å²) in [5.41, 5.74) is -0.171. The summed E-state index contributed by atoms with van der Waals surface area (Å²) < 4.78 is 12.0. The van der Waals surface area contributed by atoms with Gasteiger partial charge in [0.05, 0.1) is 6.20 Å². The molecule has 116 valence electrons. The van der Waals surface area contributed by atoms with E-state index in [0.29, 0.717) is 11.6 Å². The van der Waals surface area contributed by atoms with Crippen LogP contribution >= 0.6 is 0 Å². The first-order chi connectivity index (χ1) is 10.6. The topological polar surface area (TPSA) is 94.6 Å². The summed E-state index contributed by atoms with van der Waals surface area (Å²) in [5, 5.41) is 9.10. The number of fused-ring (bicyclic) bond motifs is 1. The van der Waals surface area contributed by atoms with E-state index in [0.717, 1.165) is 37.5 Å². The molecule has 0 aliphatic carbocycles. The number of imidazole rings is 1. The maximum absolute atomic E-state index is 12.2. The van der Waals surface area contributed by atoms with E-state index in [1.807, 2.05) is 4.57 Å². The standard InChI is InChI=1S/C15H16N2O5/c1-9-3-2-4-17-11(6-16-14(9)17)15(20)22-7-10-5-12(18)13(19)8-21-10/h5-6,8-9,19H,2-4,7H2,1H3. The third kappa shape index (κ3) is 2.61. The van der Waals surface area contributed by atoms with Crippen molar-refractivity contribution in [3.63, 3.8) is 0 Å². The van der Waals surface area contributed by atoms with Crippen LogP contribution in [0.15, 0.2) is 27.7 Å². The largest absolute Gasteiger partial charge is 0.502 e. The summed E-state index contributed by atoms with van der Waals surface area (Å²) in [7, 11) is 0. The lowest BCUT2D eigenvalue weighted by Gasteiger charge is -2.21. The first-order valence-electron chi connectivity index (χ1n) is 7.09. The summed E-state index contributed by atoms with van der Waals surface area (Å²) in [5.74, 6) is 0.403. The van der Waals surface area contributed by atoms with Gasteiger partial charge in [-0.25, -0.2) is 9.78 Å². The van der Waals surface area contributed by atoms with Crippen molar-refractivity contribution in [1.82, 2.24) is 9.55 Å². The van der Waals surface area contributed by atoms with Crippen LogP contribution in [-0.4, -0.2) is 20.6 Å². The van der Waals surface area contributed by atoms with Gasteiger partial charge in [0.15, 0.2) is 5.75 Å². The highest BCUT2D eigenvalue weighted by Gasteiger charge is 2.24. The number of hydrogen-bond donors (Lipinski definition) is 1. The molecule has 0 saturated heterocycles. The maximum Gasteiger partial charge on any atom is 0.357 e. The fraction of sp³-hybridized carbons (Fsp3) is 0.400. The van der Waals surface area contributed by atoms with Crippen molar-refractivity contribution >= 4 is 5.97 Å². The van der Waals surface area contributed by atoms with Crippen molar-refractivity contribution < 1.29 is 19.1 Å². The first kappa shape index (κ1) is 14.4. The molecule has 7 nitrogen and oxygen atoms in total. The molecular weight excluding hydrogens is 288 g/mol. The van der Waals surface area contributed by atoms with E-state index in [-0.39, 0.29) is 12.4 Å². The zero-order chi connectivity index (χ0) is 15.7. The smallest absolute Gasteiger partial charge is 0.357 e. The van der Waals surface area contributed by atoms with Gasteiger partial charge in [-0.15, -0.1) is 0 Å². The van der Waals surface area contributed by atoms with E-state index in [1.54, 1.807) is 0 Å². The second-order valence-corrected chi connectivity index (χ2v) is 5.37. The first-order valence-corrected chi connectivity index (χ1v) is 7.09. The lowest BCUT2D eigenvalue weighted by molar-refractivity contribution is 0.0428. The van der Waals surface area contributed by atoms with Gasteiger partial charge in [0, 0.05) is 18.5 Å². The number of nitrogens with zero attached hydrogens (tertiary/aromatic N) is 2. The van der Waals surface area contributed by atoms with Crippen LogP contribution in [0.5, 0.6) is 5.75 Å². The second kappa shape index (κ2) is 5.67. The Kier molecular flexibility index (Phi) is 3.70. The summed E-state index contributed by atoms with van der Waals surface area (Å²) in [6.45, 7) is 2.65. The Bertz CT molecular complexity index is 762. The molecule has 0 bridgehead atoms. The molecule has 1 aliphatic rings. The van der Waals surface area contributed by atoms with E-state index >= 15 is 0 Å². The summed E-state index contributed by atoms with van der Waals surface area (Å²) in [4.78, 5) is 27.7. The lowest BCUT2D eigenvalue weighted by Crippen LogP contribution is -2.19. The predicted octanol–water partition coefficient (Wildman–Crippen LogP) is 1.80. The van der Waals surface area contributed by atoms with Crippen LogP contribution in [0.25, 0.3) is 0 Å². The number of aromatic hydroxyl groups is 1. The molecule has 0 fully saturated rings. The van der Waals surface area contributed by atoms with Crippen LogP contribution < -0.4 is 5.43 Å². The molecule has 0 saturated carbocycles. The van der Waals surface area contributed by atoms with E-state index in [9.17, 15) is 9.59 Å². The SMILES string of the molecule is CC1CCCn2c(C(=O)OCc3cc(=O)c(O)co3)cnc21. The third-order valence-electron chi connectivity index (χ3n) is 3.77. The Hall–Kier alpha value is -2.57. The molecule has 22 heavy (non-hydrogen) atoms. The van der Waals surface area contributed by atoms with Crippen LogP contribution in [0.4, 0.5) is 0 Å². The van der Waals surface area contributed by atoms with E-state index in [2.05, 4.69) is 11.9 Å². The van der Waals surface area contributed by atoms with Crippen molar-refractivity contribution in [1.29, 1.82) is 0 Å². The monoisotopic (exact) mass is 304 g/mol. The van der Waals surface area contributed by atoms with Crippen LogP contribution in [0.1, 0.15) is 47.8 Å². The van der Waals surface area contributed by atoms with E-state index < -0.39 is 17.1 Å². The Morgan fingerprint density at radius 2 is 2.41 bits per heavy atom. The molecule has 1 atom stereocenters. The quantitative estimate of drug-likeness (QED) is 0.869. The van der Waals surface area contributed by atoms with Crippen LogP contribution in [0, 0.1) is 0 Å². The molecule has 3 rings (SSSR count). The van der Waals surface area contributed by atoms with E-state index in [4.69, 9.17) is 14.3 Å². The fourth-order valence-corrected chi connectivity index (χ4v) is 2.60. The molecule has 0 aromatic carbocycles. The maximum atomic E-state index is 12.2. The van der Waals surface area contributed by atoms with Crippen molar-refractivity contribution in [3.8, 4) is 5.75 Å². The molecular formula is C15H16N2O5. The van der Waals surface area contributed by atoms with E-state index in [1.165, 1.54) is 6.20 Å². The number of rotatable bonds is 3. The highest BCUT2D eigenvalue weighted by Crippen LogP contribution is 2.26. The number of carbonyl (C=O) groups is 1. The zero-order valence-corrected chi connectivity index (χ0v) is 12.1. The molecule has 0 amide bonds. The number of ether oxygens (including phenoxy) is 1. The minimum Gasteiger partial charge on any atom is -0.502 e. The van der Waals surface area contributed by atoms with Crippen LogP contribution in [0.3, 0.4) is 0 Å². The van der Waals surface area contributed by atoms with Gasteiger partial charge < -0.3 is 18.8 Å². The molecule has 1 aliphatic heterocycles. The highest BCUT2D eigenvalue weighted by molar-refractivity contribution is 5.87. The highest BCUT2D eigenvalue weighted by atomic mass is 16.5. The normalized spacial score (nSPS) is 17.0. The minimum atomic E-state index is -0.576. The van der Waals surface area contributed by atoms with Crippen LogP contribution in [0.2, 0.25) is 0 Å². The molecule has 0 spiro atoms.